The van der Waals surface area contributed by atoms with Crippen LogP contribution in [0.3, 0.4) is 0 Å². The van der Waals surface area contributed by atoms with Gasteiger partial charge in [-0.2, -0.15) is 0 Å². The number of ether oxygens (including phenoxy) is 1. The molecule has 1 heterocycles. The number of hydrogen-bond acceptors (Lipinski definition) is 3. The van der Waals surface area contributed by atoms with Crippen LogP contribution in [-0.2, 0) is 6.54 Å². The summed E-state index contributed by atoms with van der Waals surface area (Å²) < 4.78 is 5.39. The second-order valence-electron chi connectivity index (χ2n) is 3.67. The third-order valence-electron chi connectivity index (χ3n) is 2.39. The van der Waals surface area contributed by atoms with Crippen molar-refractivity contribution in [1.82, 2.24) is 4.98 Å². The maximum Gasteiger partial charge on any atom is 0.119 e. The van der Waals surface area contributed by atoms with E-state index in [-0.39, 0.29) is 0 Å². The smallest absolute Gasteiger partial charge is 0.119 e. The van der Waals surface area contributed by atoms with E-state index >= 15 is 0 Å². The van der Waals surface area contributed by atoms with Gasteiger partial charge in [0.15, 0.2) is 0 Å². The van der Waals surface area contributed by atoms with E-state index < -0.39 is 0 Å². The standard InChI is InChI=1S/C14H16N2O/c1-2-17-14-7-5-12(6-8-14)10-16-13-4-3-9-15-11-13/h3-9,11,16H,2,10H2,1H3. The Kier molecular flexibility index (Phi) is 3.97. The van der Waals surface area contributed by atoms with Gasteiger partial charge in [0.05, 0.1) is 12.3 Å². The van der Waals surface area contributed by atoms with Crippen molar-refractivity contribution in [2.24, 2.45) is 0 Å². The summed E-state index contributed by atoms with van der Waals surface area (Å²) in [6.07, 6.45) is 3.58. The summed E-state index contributed by atoms with van der Waals surface area (Å²) in [6, 6.07) is 12.0. The van der Waals surface area contributed by atoms with Crippen LogP contribution in [0.25, 0.3) is 0 Å². The first-order valence-corrected chi connectivity index (χ1v) is 5.74. The van der Waals surface area contributed by atoms with Gasteiger partial charge in [0.1, 0.15) is 5.75 Å². The quantitative estimate of drug-likeness (QED) is 0.853. The monoisotopic (exact) mass is 228 g/mol. The van der Waals surface area contributed by atoms with Crippen molar-refractivity contribution in [2.45, 2.75) is 13.5 Å². The molecule has 0 unspecified atom stereocenters. The largest absolute Gasteiger partial charge is 0.494 e. The van der Waals surface area contributed by atoms with Gasteiger partial charge in [0, 0.05) is 18.9 Å². The first kappa shape index (κ1) is 11.5. The van der Waals surface area contributed by atoms with E-state index in [0.29, 0.717) is 6.61 Å². The van der Waals surface area contributed by atoms with E-state index in [1.807, 2.05) is 37.4 Å². The fourth-order valence-corrected chi connectivity index (χ4v) is 1.54. The third kappa shape index (κ3) is 3.48. The molecule has 0 radical (unpaired) electrons. The Hall–Kier alpha value is -2.03. The van der Waals surface area contributed by atoms with Gasteiger partial charge in [-0.3, -0.25) is 4.98 Å². The number of aromatic nitrogens is 1. The lowest BCUT2D eigenvalue weighted by Crippen LogP contribution is -1.99. The molecule has 2 aromatic rings. The molecule has 0 amide bonds. The first-order valence-electron chi connectivity index (χ1n) is 5.74. The molecular weight excluding hydrogens is 212 g/mol. The molecule has 0 fully saturated rings. The zero-order valence-corrected chi connectivity index (χ0v) is 9.89. The number of anilines is 1. The molecule has 0 aliphatic rings. The molecule has 0 aliphatic heterocycles. The SMILES string of the molecule is CCOc1ccc(CNc2cccnc2)cc1. The second-order valence-corrected chi connectivity index (χ2v) is 3.67. The molecule has 88 valence electrons. The molecule has 17 heavy (non-hydrogen) atoms. The van der Waals surface area contributed by atoms with Gasteiger partial charge in [-0.25, -0.2) is 0 Å². The molecule has 1 N–H and O–H groups in total. The molecule has 3 heteroatoms. The van der Waals surface area contributed by atoms with Crippen LogP contribution in [0.5, 0.6) is 5.75 Å². The second kappa shape index (κ2) is 5.89. The number of hydrogen-bond donors (Lipinski definition) is 1. The molecule has 0 saturated heterocycles. The summed E-state index contributed by atoms with van der Waals surface area (Å²) in [5.41, 5.74) is 2.25. The van der Waals surface area contributed by atoms with Gasteiger partial charge >= 0.3 is 0 Å². The predicted molar refractivity (Wildman–Crippen MR) is 69.2 cm³/mol. The lowest BCUT2D eigenvalue weighted by atomic mass is 10.2. The van der Waals surface area contributed by atoms with Crippen LogP contribution < -0.4 is 10.1 Å². The summed E-state index contributed by atoms with van der Waals surface area (Å²) in [5, 5.41) is 3.31. The molecule has 1 aromatic carbocycles. The summed E-state index contributed by atoms with van der Waals surface area (Å²) in [7, 11) is 0. The average molecular weight is 228 g/mol. The van der Waals surface area contributed by atoms with E-state index in [1.54, 1.807) is 6.20 Å². The van der Waals surface area contributed by atoms with Gasteiger partial charge in [0.2, 0.25) is 0 Å². The Morgan fingerprint density at radius 1 is 1.18 bits per heavy atom. The summed E-state index contributed by atoms with van der Waals surface area (Å²) in [5.74, 6) is 0.914. The zero-order valence-electron chi connectivity index (χ0n) is 9.89. The Morgan fingerprint density at radius 2 is 2.00 bits per heavy atom. The highest BCUT2D eigenvalue weighted by Gasteiger charge is 1.95. The molecule has 1 aromatic heterocycles. The highest BCUT2D eigenvalue weighted by atomic mass is 16.5. The third-order valence-corrected chi connectivity index (χ3v) is 2.39. The van der Waals surface area contributed by atoms with Crippen LogP contribution in [0.15, 0.2) is 48.8 Å². The van der Waals surface area contributed by atoms with Crippen molar-refractivity contribution in [3.63, 3.8) is 0 Å². The fourth-order valence-electron chi connectivity index (χ4n) is 1.54. The summed E-state index contributed by atoms with van der Waals surface area (Å²) >= 11 is 0. The maximum atomic E-state index is 5.39. The van der Waals surface area contributed by atoms with Crippen molar-refractivity contribution < 1.29 is 4.74 Å². The minimum absolute atomic E-state index is 0.702. The van der Waals surface area contributed by atoms with Gasteiger partial charge in [-0.05, 0) is 36.8 Å². The molecule has 0 atom stereocenters. The van der Waals surface area contributed by atoms with E-state index in [4.69, 9.17) is 4.74 Å². The highest BCUT2D eigenvalue weighted by Crippen LogP contribution is 2.13. The topological polar surface area (TPSA) is 34.1 Å². The van der Waals surface area contributed by atoms with E-state index in [2.05, 4.69) is 22.4 Å². The van der Waals surface area contributed by atoms with E-state index in [9.17, 15) is 0 Å². The molecule has 0 bridgehead atoms. The van der Waals surface area contributed by atoms with Crippen molar-refractivity contribution >= 4 is 5.69 Å². The Balaban J connectivity index is 1.91. The van der Waals surface area contributed by atoms with Gasteiger partial charge < -0.3 is 10.1 Å². The lowest BCUT2D eigenvalue weighted by Gasteiger charge is -2.07. The Bertz CT molecular complexity index is 440. The van der Waals surface area contributed by atoms with Crippen LogP contribution >= 0.6 is 0 Å². The van der Waals surface area contributed by atoms with Crippen molar-refractivity contribution in [1.29, 1.82) is 0 Å². The molecule has 3 nitrogen and oxygen atoms in total. The van der Waals surface area contributed by atoms with E-state index in [1.165, 1.54) is 5.56 Å². The number of pyridine rings is 1. The van der Waals surface area contributed by atoms with Crippen molar-refractivity contribution in [3.8, 4) is 5.75 Å². The average Bonchev–Trinajstić information content (AvgIpc) is 2.40. The van der Waals surface area contributed by atoms with E-state index in [0.717, 1.165) is 18.0 Å². The first-order chi connectivity index (χ1) is 8.38. The Morgan fingerprint density at radius 3 is 2.65 bits per heavy atom. The highest BCUT2D eigenvalue weighted by molar-refractivity contribution is 5.41. The van der Waals surface area contributed by atoms with Crippen molar-refractivity contribution in [3.05, 3.63) is 54.4 Å². The normalized spacial score (nSPS) is 9.94. The van der Waals surface area contributed by atoms with Crippen LogP contribution in [-0.4, -0.2) is 11.6 Å². The predicted octanol–water partition coefficient (Wildman–Crippen LogP) is 3.09. The molecule has 0 spiro atoms. The zero-order chi connectivity index (χ0) is 11.9. The van der Waals surface area contributed by atoms with Crippen LogP contribution in [0.1, 0.15) is 12.5 Å². The number of rotatable bonds is 5. The molecule has 2 rings (SSSR count). The lowest BCUT2D eigenvalue weighted by molar-refractivity contribution is 0.340. The van der Waals surface area contributed by atoms with Gasteiger partial charge in [0.25, 0.3) is 0 Å². The van der Waals surface area contributed by atoms with Crippen LogP contribution in [0, 0.1) is 0 Å². The maximum absolute atomic E-state index is 5.39. The summed E-state index contributed by atoms with van der Waals surface area (Å²) in [6.45, 7) is 3.48. The Labute approximate surface area is 101 Å². The summed E-state index contributed by atoms with van der Waals surface area (Å²) in [4.78, 5) is 4.05. The minimum Gasteiger partial charge on any atom is -0.494 e. The fraction of sp³-hybridized carbons (Fsp3) is 0.214. The number of benzene rings is 1. The number of nitrogens with one attached hydrogen (secondary N) is 1. The van der Waals surface area contributed by atoms with Crippen LogP contribution in [0.4, 0.5) is 5.69 Å². The molecule has 0 aliphatic carbocycles. The molecular formula is C14H16N2O. The number of nitrogens with zero attached hydrogens (tertiary/aromatic N) is 1. The van der Waals surface area contributed by atoms with Crippen LogP contribution in [0.2, 0.25) is 0 Å². The van der Waals surface area contributed by atoms with Gasteiger partial charge in [-0.1, -0.05) is 12.1 Å². The van der Waals surface area contributed by atoms with Gasteiger partial charge in [-0.15, -0.1) is 0 Å². The minimum atomic E-state index is 0.702. The molecule has 0 saturated carbocycles. The van der Waals surface area contributed by atoms with Crippen molar-refractivity contribution in [2.75, 3.05) is 11.9 Å².